The predicted octanol–water partition coefficient (Wildman–Crippen LogP) is 4.38. The highest BCUT2D eigenvalue weighted by Gasteiger charge is 2.14. The van der Waals surface area contributed by atoms with E-state index in [0.717, 1.165) is 11.1 Å². The third kappa shape index (κ3) is 2.22. The molecular formula is C14H11ClN2OS2. The van der Waals surface area contributed by atoms with Gasteiger partial charge in [0.2, 0.25) is 0 Å². The van der Waals surface area contributed by atoms with Crippen LogP contribution >= 0.6 is 35.2 Å². The Kier molecular flexibility index (Phi) is 3.50. The van der Waals surface area contributed by atoms with Crippen molar-refractivity contribution in [2.75, 3.05) is 0 Å². The summed E-state index contributed by atoms with van der Waals surface area (Å²) in [4.78, 5) is 15.7. The zero-order valence-electron chi connectivity index (χ0n) is 10.6. The fourth-order valence-corrected chi connectivity index (χ4v) is 3.45. The molecule has 0 amide bonds. The SMILES string of the molecule is CC(c1ccc(Cl)cc1)n1c(=S)[nH]c2ccsc2c1=O. The Morgan fingerprint density at radius 2 is 2.00 bits per heavy atom. The second-order valence-corrected chi connectivity index (χ2v) is 6.24. The number of rotatable bonds is 2. The molecule has 1 N–H and O–H groups in total. The molecule has 3 aromatic rings. The molecule has 0 aliphatic heterocycles. The topological polar surface area (TPSA) is 37.8 Å². The van der Waals surface area contributed by atoms with Crippen LogP contribution in [0.5, 0.6) is 0 Å². The highest BCUT2D eigenvalue weighted by molar-refractivity contribution is 7.71. The minimum Gasteiger partial charge on any atom is -0.331 e. The van der Waals surface area contributed by atoms with E-state index in [1.165, 1.54) is 11.3 Å². The molecule has 0 spiro atoms. The number of nitrogens with one attached hydrogen (secondary N) is 1. The Balaban J connectivity index is 2.21. The number of fused-ring (bicyclic) bond motifs is 1. The lowest BCUT2D eigenvalue weighted by Gasteiger charge is -2.15. The van der Waals surface area contributed by atoms with E-state index >= 15 is 0 Å². The lowest BCUT2D eigenvalue weighted by Crippen LogP contribution is -2.25. The monoisotopic (exact) mass is 322 g/mol. The minimum atomic E-state index is -0.144. The summed E-state index contributed by atoms with van der Waals surface area (Å²) in [7, 11) is 0. The van der Waals surface area contributed by atoms with Crippen LogP contribution in [0.15, 0.2) is 40.5 Å². The van der Waals surface area contributed by atoms with Crippen LogP contribution < -0.4 is 5.56 Å². The second-order valence-electron chi connectivity index (χ2n) is 4.50. The molecule has 0 radical (unpaired) electrons. The first-order chi connectivity index (χ1) is 9.58. The van der Waals surface area contributed by atoms with E-state index in [2.05, 4.69) is 4.98 Å². The van der Waals surface area contributed by atoms with Gasteiger partial charge in [0.1, 0.15) is 4.70 Å². The van der Waals surface area contributed by atoms with Crippen LogP contribution in [0.4, 0.5) is 0 Å². The summed E-state index contributed by atoms with van der Waals surface area (Å²) in [5.41, 5.74) is 1.73. The number of aromatic amines is 1. The fourth-order valence-electron chi connectivity index (χ4n) is 2.19. The molecule has 0 bridgehead atoms. The molecule has 0 saturated heterocycles. The van der Waals surface area contributed by atoms with Gasteiger partial charge in [0.15, 0.2) is 4.77 Å². The van der Waals surface area contributed by atoms with Crippen LogP contribution in [0.25, 0.3) is 10.2 Å². The summed E-state index contributed by atoms with van der Waals surface area (Å²) < 4.78 is 2.74. The summed E-state index contributed by atoms with van der Waals surface area (Å²) >= 11 is 12.6. The molecule has 3 rings (SSSR count). The largest absolute Gasteiger partial charge is 0.331 e. The van der Waals surface area contributed by atoms with E-state index in [0.29, 0.717) is 14.5 Å². The van der Waals surface area contributed by atoms with Gasteiger partial charge in [-0.1, -0.05) is 23.7 Å². The maximum absolute atomic E-state index is 12.6. The first-order valence-electron chi connectivity index (χ1n) is 6.05. The number of aromatic nitrogens is 2. The highest BCUT2D eigenvalue weighted by atomic mass is 35.5. The quantitative estimate of drug-likeness (QED) is 0.711. The Morgan fingerprint density at radius 1 is 1.30 bits per heavy atom. The first-order valence-corrected chi connectivity index (χ1v) is 7.72. The molecule has 3 nitrogen and oxygen atoms in total. The smallest absolute Gasteiger partial charge is 0.272 e. The van der Waals surface area contributed by atoms with Crippen molar-refractivity contribution >= 4 is 45.4 Å². The van der Waals surface area contributed by atoms with Crippen LogP contribution in [-0.4, -0.2) is 9.55 Å². The summed E-state index contributed by atoms with van der Waals surface area (Å²) in [6, 6.07) is 9.17. The van der Waals surface area contributed by atoms with Crippen molar-refractivity contribution < 1.29 is 0 Å². The second kappa shape index (κ2) is 5.16. The van der Waals surface area contributed by atoms with E-state index in [1.54, 1.807) is 4.57 Å². The van der Waals surface area contributed by atoms with Crippen molar-refractivity contribution in [2.24, 2.45) is 0 Å². The molecule has 1 unspecified atom stereocenters. The molecule has 1 aromatic carbocycles. The number of hydrogen-bond donors (Lipinski definition) is 1. The van der Waals surface area contributed by atoms with Gasteiger partial charge in [0.05, 0.1) is 11.6 Å². The number of hydrogen-bond acceptors (Lipinski definition) is 3. The molecule has 0 fully saturated rings. The number of benzene rings is 1. The Labute approximate surface area is 129 Å². The maximum Gasteiger partial charge on any atom is 0.272 e. The molecule has 1 atom stereocenters. The van der Waals surface area contributed by atoms with Gasteiger partial charge in [-0.3, -0.25) is 9.36 Å². The van der Waals surface area contributed by atoms with E-state index in [9.17, 15) is 4.79 Å². The van der Waals surface area contributed by atoms with E-state index < -0.39 is 0 Å². The minimum absolute atomic E-state index is 0.0544. The number of H-pyrrole nitrogens is 1. The Morgan fingerprint density at radius 3 is 2.70 bits per heavy atom. The molecule has 2 aromatic heterocycles. The van der Waals surface area contributed by atoms with Gasteiger partial charge in [-0.25, -0.2) is 0 Å². The van der Waals surface area contributed by atoms with Crippen molar-refractivity contribution in [3.63, 3.8) is 0 Å². The lowest BCUT2D eigenvalue weighted by atomic mass is 10.1. The van der Waals surface area contributed by atoms with Gasteiger partial charge in [-0.2, -0.15) is 0 Å². The van der Waals surface area contributed by atoms with Crippen molar-refractivity contribution in [3.8, 4) is 0 Å². The average Bonchev–Trinajstić information content (AvgIpc) is 2.87. The number of thiophene rings is 1. The molecule has 2 heterocycles. The van der Waals surface area contributed by atoms with Crippen LogP contribution in [0.1, 0.15) is 18.5 Å². The van der Waals surface area contributed by atoms with Gasteiger partial charge >= 0.3 is 0 Å². The Hall–Kier alpha value is -1.43. The average molecular weight is 323 g/mol. The maximum atomic E-state index is 12.6. The van der Waals surface area contributed by atoms with E-state index in [4.69, 9.17) is 23.8 Å². The Bertz CT molecular complexity index is 877. The van der Waals surface area contributed by atoms with Crippen molar-refractivity contribution in [3.05, 3.63) is 61.4 Å². The van der Waals surface area contributed by atoms with Gasteiger partial charge in [0.25, 0.3) is 5.56 Å². The molecular weight excluding hydrogens is 312 g/mol. The molecule has 102 valence electrons. The predicted molar refractivity (Wildman–Crippen MR) is 86.5 cm³/mol. The number of halogens is 1. The zero-order chi connectivity index (χ0) is 14.3. The van der Waals surface area contributed by atoms with Gasteiger partial charge in [-0.15, -0.1) is 11.3 Å². The van der Waals surface area contributed by atoms with E-state index in [-0.39, 0.29) is 11.6 Å². The molecule has 0 aliphatic rings. The summed E-state index contributed by atoms with van der Waals surface area (Å²) in [6.07, 6.45) is 0. The standard InChI is InChI=1S/C14H11ClN2OS2/c1-8(9-2-4-10(15)5-3-9)17-13(18)12-11(6-7-20-12)16-14(17)19/h2-8H,1H3,(H,16,19). The third-order valence-electron chi connectivity index (χ3n) is 3.28. The molecule has 0 aliphatic carbocycles. The molecule has 6 heteroatoms. The first kappa shape index (κ1) is 13.5. The van der Waals surface area contributed by atoms with Crippen LogP contribution in [0.2, 0.25) is 5.02 Å². The zero-order valence-corrected chi connectivity index (χ0v) is 13.0. The van der Waals surface area contributed by atoms with E-state index in [1.807, 2.05) is 42.6 Å². The van der Waals surface area contributed by atoms with Gasteiger partial charge in [0, 0.05) is 5.02 Å². The van der Waals surface area contributed by atoms with Crippen molar-refractivity contribution in [2.45, 2.75) is 13.0 Å². The number of nitrogens with zero attached hydrogens (tertiary/aromatic N) is 1. The molecule has 20 heavy (non-hydrogen) atoms. The van der Waals surface area contributed by atoms with Gasteiger partial charge in [-0.05, 0) is 48.3 Å². The normalized spacial score (nSPS) is 12.7. The van der Waals surface area contributed by atoms with Crippen molar-refractivity contribution in [1.29, 1.82) is 0 Å². The van der Waals surface area contributed by atoms with Crippen LogP contribution in [-0.2, 0) is 0 Å². The summed E-state index contributed by atoms with van der Waals surface area (Å²) in [5.74, 6) is 0. The fraction of sp³-hybridized carbons (Fsp3) is 0.143. The summed E-state index contributed by atoms with van der Waals surface area (Å²) in [5, 5.41) is 2.56. The molecule has 0 saturated carbocycles. The highest BCUT2D eigenvalue weighted by Crippen LogP contribution is 2.21. The van der Waals surface area contributed by atoms with Gasteiger partial charge < -0.3 is 4.98 Å². The third-order valence-corrected chi connectivity index (χ3v) is 4.73. The van der Waals surface area contributed by atoms with Crippen LogP contribution in [0.3, 0.4) is 0 Å². The van der Waals surface area contributed by atoms with Crippen LogP contribution in [0, 0.1) is 4.77 Å². The van der Waals surface area contributed by atoms with Crippen molar-refractivity contribution in [1.82, 2.24) is 9.55 Å². The summed E-state index contributed by atoms with van der Waals surface area (Å²) in [6.45, 7) is 1.95. The lowest BCUT2D eigenvalue weighted by molar-refractivity contribution is 0.600.